The average molecular weight is 602 g/mol. The van der Waals surface area contributed by atoms with Gasteiger partial charge in [0, 0.05) is 29.0 Å². The van der Waals surface area contributed by atoms with Crippen LogP contribution in [0.2, 0.25) is 5.02 Å². The molecule has 2 heterocycles. The van der Waals surface area contributed by atoms with Crippen molar-refractivity contribution >= 4 is 40.5 Å². The van der Waals surface area contributed by atoms with Gasteiger partial charge in [-0.05, 0) is 79.6 Å². The minimum Gasteiger partial charge on any atom is -0.383 e. The first-order chi connectivity index (χ1) is 19.4. The second-order valence-corrected chi connectivity index (χ2v) is 11.7. The third-order valence-electron chi connectivity index (χ3n) is 7.21. The Morgan fingerprint density at radius 2 is 1.85 bits per heavy atom. The van der Waals surface area contributed by atoms with Crippen molar-refractivity contribution in [2.75, 3.05) is 4.90 Å². The summed E-state index contributed by atoms with van der Waals surface area (Å²) in [5.74, 6) is -0.706. The van der Waals surface area contributed by atoms with Gasteiger partial charge in [0.25, 0.3) is 0 Å². The summed E-state index contributed by atoms with van der Waals surface area (Å²) in [6.07, 6.45) is -0.0984. The van der Waals surface area contributed by atoms with Crippen LogP contribution in [0.1, 0.15) is 47.5 Å². The number of amides is 1. The summed E-state index contributed by atoms with van der Waals surface area (Å²) < 4.78 is 40.6. The summed E-state index contributed by atoms with van der Waals surface area (Å²) >= 11 is 7.39. The lowest BCUT2D eigenvalue weighted by Gasteiger charge is -2.33. The molecule has 0 atom stereocenters. The van der Waals surface area contributed by atoms with Crippen molar-refractivity contribution in [1.29, 1.82) is 0 Å². The van der Waals surface area contributed by atoms with E-state index in [2.05, 4.69) is 15.0 Å². The molecule has 0 aliphatic heterocycles. The van der Waals surface area contributed by atoms with E-state index in [0.717, 1.165) is 33.8 Å². The molecular weight excluding hydrogens is 575 g/mol. The summed E-state index contributed by atoms with van der Waals surface area (Å²) in [6.45, 7) is 2.08. The molecule has 7 nitrogen and oxygen atoms in total. The molecule has 0 unspecified atom stereocenters. The fourth-order valence-electron chi connectivity index (χ4n) is 4.96. The maximum Gasteiger partial charge on any atom is 0.433 e. The summed E-state index contributed by atoms with van der Waals surface area (Å²) in [4.78, 5) is 26.5. The van der Waals surface area contributed by atoms with Gasteiger partial charge in [0.15, 0.2) is 0 Å². The number of carbonyl (C=O) groups is 1. The minimum absolute atomic E-state index is 0.100. The zero-order chi connectivity index (χ0) is 29.4. The molecule has 12 heteroatoms. The molecule has 0 saturated heterocycles. The lowest BCUT2D eigenvalue weighted by atomic mass is 9.79. The van der Waals surface area contributed by atoms with E-state index in [1.165, 1.54) is 11.3 Å². The van der Waals surface area contributed by atoms with Crippen molar-refractivity contribution in [1.82, 2.24) is 15.0 Å². The lowest BCUT2D eigenvalue weighted by molar-refractivity contribution is -0.141. The number of thiazole rings is 1. The molecule has 0 radical (unpaired) electrons. The summed E-state index contributed by atoms with van der Waals surface area (Å²) in [7, 11) is 0. The molecular formula is C29H27ClF3N5O2S. The number of aromatic nitrogens is 3. The van der Waals surface area contributed by atoms with Crippen LogP contribution in [0.4, 0.5) is 24.8 Å². The van der Waals surface area contributed by atoms with E-state index in [1.807, 2.05) is 25.1 Å². The second-order valence-electron chi connectivity index (χ2n) is 10.2. The van der Waals surface area contributed by atoms with Crippen molar-refractivity contribution in [2.45, 2.75) is 50.9 Å². The minimum atomic E-state index is -4.63. The summed E-state index contributed by atoms with van der Waals surface area (Å²) in [5, 5.41) is 12.4. The molecule has 1 saturated carbocycles. The van der Waals surface area contributed by atoms with E-state index in [-0.39, 0.29) is 24.3 Å². The largest absolute Gasteiger partial charge is 0.433 e. The first kappa shape index (κ1) is 29.0. The first-order valence-electron chi connectivity index (χ1n) is 12.9. The normalized spacial score (nSPS) is 19.2. The average Bonchev–Trinajstić information content (AvgIpc) is 3.44. The number of benzene rings is 2. The van der Waals surface area contributed by atoms with Crippen LogP contribution >= 0.6 is 22.9 Å². The van der Waals surface area contributed by atoms with Crippen molar-refractivity contribution < 1.29 is 23.1 Å². The maximum atomic E-state index is 13.5. The molecule has 3 N–H and O–H groups in total. The van der Waals surface area contributed by atoms with Crippen LogP contribution in [-0.2, 0) is 23.1 Å². The monoisotopic (exact) mass is 601 g/mol. The predicted molar refractivity (Wildman–Crippen MR) is 152 cm³/mol. The van der Waals surface area contributed by atoms with Crippen molar-refractivity contribution in [2.24, 2.45) is 11.7 Å². The van der Waals surface area contributed by atoms with Gasteiger partial charge in [0.1, 0.15) is 16.3 Å². The molecule has 1 aliphatic carbocycles. The predicted octanol–water partition coefficient (Wildman–Crippen LogP) is 6.78. The van der Waals surface area contributed by atoms with Gasteiger partial charge >= 0.3 is 6.18 Å². The van der Waals surface area contributed by atoms with Crippen molar-refractivity contribution in [3.63, 3.8) is 0 Å². The number of nitrogens with zero attached hydrogens (tertiary/aromatic N) is 4. The molecule has 214 valence electrons. The van der Waals surface area contributed by atoms with Gasteiger partial charge in [-0.3, -0.25) is 4.79 Å². The molecule has 2 aromatic heterocycles. The Morgan fingerprint density at radius 1 is 1.15 bits per heavy atom. The molecule has 1 aliphatic rings. The van der Waals surface area contributed by atoms with E-state index < -0.39 is 17.5 Å². The summed E-state index contributed by atoms with van der Waals surface area (Å²) in [5.41, 5.74) is 6.29. The Morgan fingerprint density at radius 3 is 2.51 bits per heavy atom. The van der Waals surface area contributed by atoms with Gasteiger partial charge in [-0.25, -0.2) is 15.0 Å². The van der Waals surface area contributed by atoms with Gasteiger partial charge in [-0.1, -0.05) is 29.8 Å². The second kappa shape index (κ2) is 11.4. The molecule has 0 spiro atoms. The van der Waals surface area contributed by atoms with E-state index in [4.69, 9.17) is 17.3 Å². The smallest absolute Gasteiger partial charge is 0.383 e. The molecule has 1 fully saturated rings. The number of halogens is 4. The third kappa shape index (κ3) is 6.52. The topological polar surface area (TPSA) is 105 Å². The highest BCUT2D eigenvalue weighted by Gasteiger charge is 2.39. The number of aliphatic hydroxyl groups is 1. The van der Waals surface area contributed by atoms with Crippen LogP contribution in [0.25, 0.3) is 10.4 Å². The quantitative estimate of drug-likeness (QED) is 0.242. The number of hydrogen-bond donors (Lipinski definition) is 2. The fourth-order valence-corrected chi connectivity index (χ4v) is 6.14. The van der Waals surface area contributed by atoms with E-state index in [0.29, 0.717) is 41.4 Å². The van der Waals surface area contributed by atoms with Crippen molar-refractivity contribution in [3.05, 3.63) is 87.8 Å². The fraction of sp³-hybridized carbons (Fsp3) is 0.310. The van der Waals surface area contributed by atoms with Gasteiger partial charge < -0.3 is 15.7 Å². The number of anilines is 2. The summed E-state index contributed by atoms with van der Waals surface area (Å²) in [6, 6.07) is 13.5. The Kier molecular flexibility index (Phi) is 8.04. The lowest BCUT2D eigenvalue weighted by Crippen LogP contribution is -2.35. The van der Waals surface area contributed by atoms with Gasteiger partial charge in [-0.2, -0.15) is 13.2 Å². The highest BCUT2D eigenvalue weighted by Crippen LogP contribution is 2.43. The van der Waals surface area contributed by atoms with Crippen LogP contribution < -0.4 is 10.6 Å². The van der Waals surface area contributed by atoms with Gasteiger partial charge in [0.05, 0.1) is 11.4 Å². The van der Waals surface area contributed by atoms with Gasteiger partial charge in [-0.15, -0.1) is 11.3 Å². The zero-order valence-electron chi connectivity index (χ0n) is 22.0. The molecule has 41 heavy (non-hydrogen) atoms. The molecule has 0 bridgehead atoms. The van der Waals surface area contributed by atoms with E-state index in [9.17, 15) is 23.1 Å². The Balaban J connectivity index is 1.51. The highest BCUT2D eigenvalue weighted by atomic mass is 35.5. The van der Waals surface area contributed by atoms with E-state index in [1.54, 1.807) is 35.4 Å². The SMILES string of the molecule is Cc1cc(-c2cnc(C3(O)CCC(C(N)=O)CC3)s2)cc(N(Cc2ccc(Cl)cc2)c2nccc(C(F)(F)F)n2)c1. The highest BCUT2D eigenvalue weighted by molar-refractivity contribution is 7.15. The third-order valence-corrected chi connectivity index (χ3v) is 8.70. The van der Waals surface area contributed by atoms with Gasteiger partial charge in [0.2, 0.25) is 11.9 Å². The number of hydrogen-bond acceptors (Lipinski definition) is 7. The first-order valence-corrected chi connectivity index (χ1v) is 14.1. The standard InChI is InChI=1S/C29H27ClF3N5O2S/c1-17-12-20(23-15-36-26(41-23)28(40)9-6-19(7-10-28)25(34)39)14-22(13-17)38(16-18-2-4-21(30)5-3-18)27-35-11-8-24(37-27)29(31,32)33/h2-5,8,11-15,19,40H,6-7,9-10,16H2,1H3,(H2,34,39). The van der Waals surface area contributed by atoms with Crippen LogP contribution in [0, 0.1) is 12.8 Å². The molecule has 5 rings (SSSR count). The van der Waals surface area contributed by atoms with E-state index >= 15 is 0 Å². The number of primary amides is 1. The van der Waals surface area contributed by atoms with Crippen LogP contribution in [0.5, 0.6) is 0 Å². The molecule has 1 amide bonds. The molecule has 2 aromatic carbocycles. The number of alkyl halides is 3. The Labute approximate surface area is 243 Å². The van der Waals surface area contributed by atoms with Crippen LogP contribution in [-0.4, -0.2) is 26.0 Å². The number of nitrogens with two attached hydrogens (primary N) is 1. The van der Waals surface area contributed by atoms with Crippen LogP contribution in [0.3, 0.4) is 0 Å². The maximum absolute atomic E-state index is 13.5. The molecule has 4 aromatic rings. The van der Waals surface area contributed by atoms with Crippen LogP contribution in [0.15, 0.2) is 60.9 Å². The Bertz CT molecular complexity index is 1550. The number of rotatable bonds is 7. The number of carbonyl (C=O) groups excluding carboxylic acids is 1. The zero-order valence-corrected chi connectivity index (χ0v) is 23.6. The van der Waals surface area contributed by atoms with Crippen molar-refractivity contribution in [3.8, 4) is 10.4 Å². The Hall–Kier alpha value is -3.54. The number of aryl methyl sites for hydroxylation is 1.